The molecule has 0 saturated carbocycles. The maximum atomic E-state index is 5.49. The Kier molecular flexibility index (Phi) is 6.33. The Morgan fingerprint density at radius 2 is 2.30 bits per heavy atom. The number of halogens is 1. The Labute approximate surface area is 130 Å². The highest BCUT2D eigenvalue weighted by Crippen LogP contribution is 2.24. The van der Waals surface area contributed by atoms with E-state index in [1.807, 2.05) is 12.1 Å². The van der Waals surface area contributed by atoms with E-state index in [0.717, 1.165) is 29.9 Å². The van der Waals surface area contributed by atoms with E-state index >= 15 is 0 Å². The lowest BCUT2D eigenvalue weighted by molar-refractivity contribution is 0.238. The van der Waals surface area contributed by atoms with Gasteiger partial charge in [0.25, 0.3) is 0 Å². The number of hydrogen-bond donors (Lipinski definition) is 1. The van der Waals surface area contributed by atoms with E-state index in [0.29, 0.717) is 6.04 Å². The summed E-state index contributed by atoms with van der Waals surface area (Å²) in [6, 6.07) is 6.89. The predicted molar refractivity (Wildman–Crippen MR) is 87.3 cm³/mol. The standard InChI is InChI=1S/C16H25BrN2O/c1-3-9-19(12-15-5-4-8-18-15)11-13-10-14(17)6-7-16(13)20-2/h6-7,10,15,18H,3-5,8-9,11-12H2,1-2H3. The molecule has 1 N–H and O–H groups in total. The molecule has 3 nitrogen and oxygen atoms in total. The number of hydrogen-bond acceptors (Lipinski definition) is 3. The Bertz CT molecular complexity index is 419. The fourth-order valence-corrected chi connectivity index (χ4v) is 3.30. The normalized spacial score (nSPS) is 18.7. The molecular weight excluding hydrogens is 316 g/mol. The highest BCUT2D eigenvalue weighted by molar-refractivity contribution is 9.10. The molecule has 112 valence electrons. The first kappa shape index (κ1) is 15.8. The molecule has 1 aliphatic heterocycles. The highest BCUT2D eigenvalue weighted by atomic mass is 79.9. The molecule has 20 heavy (non-hydrogen) atoms. The van der Waals surface area contributed by atoms with Crippen LogP contribution >= 0.6 is 15.9 Å². The minimum absolute atomic E-state index is 0.652. The lowest BCUT2D eigenvalue weighted by Crippen LogP contribution is -2.37. The van der Waals surface area contributed by atoms with E-state index in [4.69, 9.17) is 4.74 Å². The van der Waals surface area contributed by atoms with E-state index in [-0.39, 0.29) is 0 Å². The zero-order valence-corrected chi connectivity index (χ0v) is 14.1. The van der Waals surface area contributed by atoms with E-state index in [1.165, 1.54) is 31.4 Å². The van der Waals surface area contributed by atoms with Crippen molar-refractivity contribution in [1.29, 1.82) is 0 Å². The van der Waals surface area contributed by atoms with Crippen molar-refractivity contribution >= 4 is 15.9 Å². The molecule has 1 atom stereocenters. The van der Waals surface area contributed by atoms with Gasteiger partial charge in [0.1, 0.15) is 5.75 Å². The largest absolute Gasteiger partial charge is 0.496 e. The smallest absolute Gasteiger partial charge is 0.123 e. The maximum absolute atomic E-state index is 5.49. The van der Waals surface area contributed by atoms with Crippen molar-refractivity contribution in [3.05, 3.63) is 28.2 Å². The molecule has 1 aromatic carbocycles. The summed E-state index contributed by atoms with van der Waals surface area (Å²) in [4.78, 5) is 2.54. The fourth-order valence-electron chi connectivity index (χ4n) is 2.89. The predicted octanol–water partition coefficient (Wildman–Crippen LogP) is 3.42. The monoisotopic (exact) mass is 340 g/mol. The van der Waals surface area contributed by atoms with Crippen molar-refractivity contribution in [3.63, 3.8) is 0 Å². The number of benzene rings is 1. The lowest BCUT2D eigenvalue weighted by atomic mass is 10.1. The molecule has 0 amide bonds. The van der Waals surface area contributed by atoms with E-state index in [2.05, 4.69) is 39.1 Å². The summed E-state index contributed by atoms with van der Waals surface area (Å²) in [6.07, 6.45) is 3.80. The Hall–Kier alpha value is -0.580. The number of rotatable bonds is 7. The summed E-state index contributed by atoms with van der Waals surface area (Å²) < 4.78 is 6.60. The van der Waals surface area contributed by atoms with Crippen LogP contribution in [0.25, 0.3) is 0 Å². The van der Waals surface area contributed by atoms with Gasteiger partial charge in [-0.1, -0.05) is 22.9 Å². The van der Waals surface area contributed by atoms with Crippen LogP contribution in [0.2, 0.25) is 0 Å². The van der Waals surface area contributed by atoms with Crippen LogP contribution < -0.4 is 10.1 Å². The topological polar surface area (TPSA) is 24.5 Å². The van der Waals surface area contributed by atoms with Gasteiger partial charge in [0, 0.05) is 29.2 Å². The van der Waals surface area contributed by atoms with E-state index < -0.39 is 0 Å². The molecule has 0 spiro atoms. The summed E-state index contributed by atoms with van der Waals surface area (Å²) in [6.45, 7) is 6.63. The molecule has 1 saturated heterocycles. The Balaban J connectivity index is 2.04. The molecule has 1 unspecified atom stereocenters. The van der Waals surface area contributed by atoms with Gasteiger partial charge in [0.2, 0.25) is 0 Å². The molecule has 2 rings (SSSR count). The summed E-state index contributed by atoms with van der Waals surface area (Å²) >= 11 is 3.56. The maximum Gasteiger partial charge on any atom is 0.123 e. The van der Waals surface area contributed by atoms with Crippen molar-refractivity contribution in [3.8, 4) is 5.75 Å². The van der Waals surface area contributed by atoms with Gasteiger partial charge in [-0.3, -0.25) is 4.90 Å². The molecule has 4 heteroatoms. The van der Waals surface area contributed by atoms with Crippen LogP contribution in [0.1, 0.15) is 31.7 Å². The molecule has 0 bridgehead atoms. The van der Waals surface area contributed by atoms with Gasteiger partial charge in [-0.2, -0.15) is 0 Å². The molecule has 1 heterocycles. The van der Waals surface area contributed by atoms with Gasteiger partial charge in [-0.25, -0.2) is 0 Å². The lowest BCUT2D eigenvalue weighted by Gasteiger charge is -2.26. The fraction of sp³-hybridized carbons (Fsp3) is 0.625. The van der Waals surface area contributed by atoms with E-state index in [9.17, 15) is 0 Å². The SMILES string of the molecule is CCCN(Cc1cc(Br)ccc1OC)CC1CCCN1. The quantitative estimate of drug-likeness (QED) is 0.822. The van der Waals surface area contributed by atoms with Crippen molar-refractivity contribution in [1.82, 2.24) is 10.2 Å². The zero-order valence-electron chi connectivity index (χ0n) is 12.5. The first-order valence-electron chi connectivity index (χ1n) is 7.51. The Morgan fingerprint density at radius 1 is 1.45 bits per heavy atom. The number of nitrogens with zero attached hydrogens (tertiary/aromatic N) is 1. The molecule has 0 radical (unpaired) electrons. The third-order valence-electron chi connectivity index (χ3n) is 3.82. The van der Waals surface area contributed by atoms with Crippen molar-refractivity contribution in [2.45, 2.75) is 38.8 Å². The van der Waals surface area contributed by atoms with Gasteiger partial charge < -0.3 is 10.1 Å². The summed E-state index contributed by atoms with van der Waals surface area (Å²) in [5.41, 5.74) is 1.26. The molecule has 0 aliphatic carbocycles. The van der Waals surface area contributed by atoms with Gasteiger partial charge in [-0.15, -0.1) is 0 Å². The average Bonchev–Trinajstić information content (AvgIpc) is 2.92. The van der Waals surface area contributed by atoms with Crippen molar-refractivity contribution in [2.75, 3.05) is 26.7 Å². The number of methoxy groups -OCH3 is 1. The third-order valence-corrected chi connectivity index (χ3v) is 4.31. The van der Waals surface area contributed by atoms with Gasteiger partial charge in [0.05, 0.1) is 7.11 Å². The van der Waals surface area contributed by atoms with Crippen LogP contribution in [0.4, 0.5) is 0 Å². The van der Waals surface area contributed by atoms with E-state index in [1.54, 1.807) is 7.11 Å². The Morgan fingerprint density at radius 3 is 2.95 bits per heavy atom. The first-order chi connectivity index (χ1) is 9.72. The molecule has 1 aliphatic rings. The summed E-state index contributed by atoms with van der Waals surface area (Å²) in [5.74, 6) is 0.980. The molecule has 1 aromatic rings. The second-order valence-corrected chi connectivity index (χ2v) is 6.40. The minimum Gasteiger partial charge on any atom is -0.496 e. The van der Waals surface area contributed by atoms with Gasteiger partial charge in [0.15, 0.2) is 0 Å². The summed E-state index contributed by atoms with van der Waals surface area (Å²) in [7, 11) is 1.75. The van der Waals surface area contributed by atoms with Crippen LogP contribution in [-0.2, 0) is 6.54 Å². The summed E-state index contributed by atoms with van der Waals surface area (Å²) in [5, 5.41) is 3.59. The van der Waals surface area contributed by atoms with Crippen molar-refractivity contribution in [2.24, 2.45) is 0 Å². The highest BCUT2D eigenvalue weighted by Gasteiger charge is 2.18. The third kappa shape index (κ3) is 4.47. The molecular formula is C16H25BrN2O. The van der Waals surface area contributed by atoms with Crippen LogP contribution in [0.3, 0.4) is 0 Å². The second-order valence-electron chi connectivity index (χ2n) is 5.48. The molecule has 1 fully saturated rings. The van der Waals surface area contributed by atoms with Crippen LogP contribution in [0.5, 0.6) is 5.75 Å². The molecule has 0 aromatic heterocycles. The minimum atomic E-state index is 0.652. The average molecular weight is 341 g/mol. The number of ether oxygens (including phenoxy) is 1. The van der Waals surface area contributed by atoms with Gasteiger partial charge >= 0.3 is 0 Å². The van der Waals surface area contributed by atoms with Crippen LogP contribution in [0.15, 0.2) is 22.7 Å². The van der Waals surface area contributed by atoms with Crippen LogP contribution in [0, 0.1) is 0 Å². The number of nitrogens with one attached hydrogen (secondary N) is 1. The zero-order chi connectivity index (χ0) is 14.4. The van der Waals surface area contributed by atoms with Crippen molar-refractivity contribution < 1.29 is 4.74 Å². The second kappa shape index (κ2) is 8.01. The van der Waals surface area contributed by atoms with Gasteiger partial charge in [-0.05, 0) is 50.6 Å². The van der Waals surface area contributed by atoms with Crippen LogP contribution in [-0.4, -0.2) is 37.7 Å². The first-order valence-corrected chi connectivity index (χ1v) is 8.30.